The van der Waals surface area contributed by atoms with Crippen LogP contribution in [0.4, 0.5) is 5.69 Å². The molecule has 0 aliphatic carbocycles. The van der Waals surface area contributed by atoms with E-state index in [0.29, 0.717) is 10.6 Å². The van der Waals surface area contributed by atoms with Crippen molar-refractivity contribution < 1.29 is 14.3 Å². The van der Waals surface area contributed by atoms with Crippen LogP contribution in [0.2, 0.25) is 0 Å². The van der Waals surface area contributed by atoms with Gasteiger partial charge in [0.25, 0.3) is 0 Å². The fourth-order valence-corrected chi connectivity index (χ4v) is 3.30. The zero-order chi connectivity index (χ0) is 15.2. The van der Waals surface area contributed by atoms with E-state index in [9.17, 15) is 9.59 Å². The Balaban J connectivity index is 2.01. The van der Waals surface area contributed by atoms with Gasteiger partial charge in [0.15, 0.2) is 0 Å². The summed E-state index contributed by atoms with van der Waals surface area (Å²) < 4.78 is 4.69. The number of ether oxygens (including phenoxy) is 1. The summed E-state index contributed by atoms with van der Waals surface area (Å²) in [5.74, 6) is -0.587. The molecule has 1 N–H and O–H groups in total. The Morgan fingerprint density at radius 3 is 2.62 bits per heavy atom. The number of esters is 1. The summed E-state index contributed by atoms with van der Waals surface area (Å²) in [6.07, 6.45) is 0. The Hall–Kier alpha value is -1.79. The molecule has 4 nitrogen and oxygen atoms in total. The summed E-state index contributed by atoms with van der Waals surface area (Å²) in [5.41, 5.74) is 0.498. The number of carbonyl (C=O) groups excluding carboxylic acids is 2. The predicted molar refractivity (Wildman–Crippen MR) is 86.0 cm³/mol. The minimum Gasteiger partial charge on any atom is -0.465 e. The highest BCUT2D eigenvalue weighted by molar-refractivity contribution is 8.00. The van der Waals surface area contributed by atoms with Crippen LogP contribution in [0.25, 0.3) is 0 Å². The molecule has 1 amide bonds. The molecule has 110 valence electrons. The molecule has 1 atom stereocenters. The van der Waals surface area contributed by atoms with Crippen molar-refractivity contribution in [2.45, 2.75) is 17.1 Å². The number of thioether (sulfide) groups is 1. The highest BCUT2D eigenvalue weighted by atomic mass is 32.2. The molecule has 0 aliphatic rings. The lowest BCUT2D eigenvalue weighted by Gasteiger charge is -2.12. The molecule has 0 saturated heterocycles. The van der Waals surface area contributed by atoms with Crippen molar-refractivity contribution >= 4 is 40.7 Å². The van der Waals surface area contributed by atoms with Crippen LogP contribution in [0.15, 0.2) is 46.7 Å². The zero-order valence-electron chi connectivity index (χ0n) is 11.7. The number of hydrogen-bond donors (Lipinski definition) is 1. The molecule has 6 heteroatoms. The van der Waals surface area contributed by atoms with Crippen molar-refractivity contribution in [1.82, 2.24) is 0 Å². The number of hydrogen-bond acceptors (Lipinski definition) is 5. The lowest BCUT2D eigenvalue weighted by molar-refractivity contribution is -0.115. The topological polar surface area (TPSA) is 55.4 Å². The van der Waals surface area contributed by atoms with Gasteiger partial charge in [0, 0.05) is 4.90 Å². The molecular formula is C15H15NO3S2. The number of anilines is 1. The van der Waals surface area contributed by atoms with E-state index in [4.69, 9.17) is 0 Å². The van der Waals surface area contributed by atoms with E-state index in [2.05, 4.69) is 10.1 Å². The Labute approximate surface area is 131 Å². The molecule has 0 radical (unpaired) electrons. The molecule has 0 spiro atoms. The van der Waals surface area contributed by atoms with E-state index in [1.165, 1.54) is 30.2 Å². The molecule has 2 aromatic rings. The summed E-state index contributed by atoms with van der Waals surface area (Å²) in [5, 5.41) is 4.26. The van der Waals surface area contributed by atoms with E-state index >= 15 is 0 Å². The Kier molecular flexibility index (Phi) is 5.41. The lowest BCUT2D eigenvalue weighted by atomic mass is 10.3. The average Bonchev–Trinajstić information content (AvgIpc) is 2.95. The average molecular weight is 321 g/mol. The van der Waals surface area contributed by atoms with Crippen molar-refractivity contribution in [3.63, 3.8) is 0 Å². The molecule has 21 heavy (non-hydrogen) atoms. The minimum absolute atomic E-state index is 0.146. The second-order valence-electron chi connectivity index (χ2n) is 4.22. The van der Waals surface area contributed by atoms with Crippen LogP contribution in [-0.2, 0) is 9.53 Å². The highest BCUT2D eigenvalue weighted by Crippen LogP contribution is 2.26. The molecule has 1 unspecified atom stereocenters. The lowest BCUT2D eigenvalue weighted by Crippen LogP contribution is -2.23. The first-order valence-electron chi connectivity index (χ1n) is 6.30. The van der Waals surface area contributed by atoms with Gasteiger partial charge in [0.05, 0.1) is 18.0 Å². The first-order valence-corrected chi connectivity index (χ1v) is 8.06. The van der Waals surface area contributed by atoms with Crippen LogP contribution in [0, 0.1) is 0 Å². The second kappa shape index (κ2) is 7.28. The van der Waals surface area contributed by atoms with Crippen LogP contribution in [-0.4, -0.2) is 24.2 Å². The molecule has 0 aliphatic heterocycles. The first-order chi connectivity index (χ1) is 10.1. The standard InChI is InChI=1S/C15H15NO3S2/c1-10(21-11-6-4-3-5-7-11)14(17)16-12-8-9-20-13(12)15(18)19-2/h3-10H,1-2H3,(H,16,17). The maximum atomic E-state index is 12.2. The van der Waals surface area contributed by atoms with Crippen molar-refractivity contribution in [1.29, 1.82) is 0 Å². The Morgan fingerprint density at radius 2 is 1.95 bits per heavy atom. The molecule has 0 saturated carbocycles. The fourth-order valence-electron chi connectivity index (χ4n) is 1.65. The SMILES string of the molecule is COC(=O)c1sccc1NC(=O)C(C)Sc1ccccc1. The van der Waals surface area contributed by atoms with E-state index in [1.54, 1.807) is 11.4 Å². The number of nitrogens with one attached hydrogen (secondary N) is 1. The summed E-state index contributed by atoms with van der Waals surface area (Å²) in [7, 11) is 1.32. The van der Waals surface area contributed by atoms with Crippen LogP contribution in [0.3, 0.4) is 0 Å². The van der Waals surface area contributed by atoms with Gasteiger partial charge >= 0.3 is 5.97 Å². The zero-order valence-corrected chi connectivity index (χ0v) is 13.3. The van der Waals surface area contributed by atoms with E-state index < -0.39 is 5.97 Å². The molecule has 1 aromatic heterocycles. The number of benzene rings is 1. The molecule has 2 rings (SSSR count). The fraction of sp³-hybridized carbons (Fsp3) is 0.200. The minimum atomic E-state index is -0.441. The number of thiophene rings is 1. The number of carbonyl (C=O) groups is 2. The van der Waals surface area contributed by atoms with Crippen LogP contribution >= 0.6 is 23.1 Å². The van der Waals surface area contributed by atoms with Gasteiger partial charge in [-0.15, -0.1) is 23.1 Å². The maximum Gasteiger partial charge on any atom is 0.350 e. The predicted octanol–water partition coefficient (Wildman–Crippen LogP) is 3.65. The van der Waals surface area contributed by atoms with Gasteiger partial charge in [-0.2, -0.15) is 0 Å². The summed E-state index contributed by atoms with van der Waals surface area (Å²) in [6.45, 7) is 1.83. The molecule has 1 aromatic carbocycles. The largest absolute Gasteiger partial charge is 0.465 e. The quantitative estimate of drug-likeness (QED) is 0.674. The van der Waals surface area contributed by atoms with Gasteiger partial charge in [-0.1, -0.05) is 18.2 Å². The van der Waals surface area contributed by atoms with Gasteiger partial charge in [0.1, 0.15) is 4.88 Å². The van der Waals surface area contributed by atoms with Crippen LogP contribution in [0.5, 0.6) is 0 Å². The molecule has 0 fully saturated rings. The number of rotatable bonds is 5. The summed E-state index contributed by atoms with van der Waals surface area (Å²) >= 11 is 2.71. The highest BCUT2D eigenvalue weighted by Gasteiger charge is 2.19. The van der Waals surface area contributed by atoms with Crippen molar-refractivity contribution in [3.8, 4) is 0 Å². The van der Waals surface area contributed by atoms with Crippen molar-refractivity contribution in [2.75, 3.05) is 12.4 Å². The third kappa shape index (κ3) is 4.09. The third-order valence-corrected chi connectivity index (χ3v) is 4.73. The van der Waals surface area contributed by atoms with Gasteiger partial charge < -0.3 is 10.1 Å². The summed E-state index contributed by atoms with van der Waals surface area (Å²) in [6, 6.07) is 11.4. The molecule has 1 heterocycles. The smallest absolute Gasteiger partial charge is 0.350 e. The Bertz CT molecular complexity index is 625. The van der Waals surface area contributed by atoms with Gasteiger partial charge in [-0.05, 0) is 30.5 Å². The van der Waals surface area contributed by atoms with Gasteiger partial charge in [-0.25, -0.2) is 4.79 Å². The second-order valence-corrected chi connectivity index (χ2v) is 6.55. The molecular weight excluding hydrogens is 306 g/mol. The first kappa shape index (κ1) is 15.6. The van der Waals surface area contributed by atoms with Gasteiger partial charge in [0.2, 0.25) is 5.91 Å². The monoisotopic (exact) mass is 321 g/mol. The van der Waals surface area contributed by atoms with E-state index in [1.807, 2.05) is 37.3 Å². The number of methoxy groups -OCH3 is 1. The van der Waals surface area contributed by atoms with Gasteiger partial charge in [-0.3, -0.25) is 4.79 Å². The van der Waals surface area contributed by atoms with Crippen molar-refractivity contribution in [2.24, 2.45) is 0 Å². The van der Waals surface area contributed by atoms with E-state index in [-0.39, 0.29) is 11.2 Å². The number of amides is 1. The normalized spacial score (nSPS) is 11.7. The van der Waals surface area contributed by atoms with Crippen LogP contribution < -0.4 is 5.32 Å². The third-order valence-electron chi connectivity index (χ3n) is 2.72. The summed E-state index contributed by atoms with van der Waals surface area (Å²) in [4.78, 5) is 25.2. The van der Waals surface area contributed by atoms with E-state index in [0.717, 1.165) is 4.90 Å². The van der Waals surface area contributed by atoms with Crippen LogP contribution in [0.1, 0.15) is 16.6 Å². The molecule has 0 bridgehead atoms. The Morgan fingerprint density at radius 1 is 1.24 bits per heavy atom. The maximum absolute atomic E-state index is 12.2. The van der Waals surface area contributed by atoms with Crippen molar-refractivity contribution in [3.05, 3.63) is 46.7 Å².